The van der Waals surface area contributed by atoms with Crippen molar-refractivity contribution in [3.8, 4) is 0 Å². The summed E-state index contributed by atoms with van der Waals surface area (Å²) in [6.07, 6.45) is -1.28. The summed E-state index contributed by atoms with van der Waals surface area (Å²) < 4.78 is 24.5. The Morgan fingerprint density at radius 3 is 2.12 bits per heavy atom. The maximum atomic E-state index is 12.6. The lowest BCUT2D eigenvalue weighted by Crippen LogP contribution is -2.42. The molecule has 2 aromatic heterocycles. The van der Waals surface area contributed by atoms with E-state index in [1.54, 1.807) is 41.5 Å². The van der Waals surface area contributed by atoms with Crippen molar-refractivity contribution in [3.05, 3.63) is 12.7 Å². The summed E-state index contributed by atoms with van der Waals surface area (Å²) in [4.78, 5) is 49.6. The number of rotatable bonds is 8. The number of imidazole rings is 1. The molecule has 0 aromatic carbocycles. The first-order chi connectivity index (χ1) is 16.0. The Labute approximate surface area is 197 Å². The number of aromatic nitrogens is 4. The van der Waals surface area contributed by atoms with E-state index < -0.39 is 54.3 Å². The van der Waals surface area contributed by atoms with Gasteiger partial charge in [-0.2, -0.15) is 0 Å². The highest BCUT2D eigenvalue weighted by atomic mass is 16.7. The number of esters is 3. The highest BCUT2D eigenvalue weighted by molar-refractivity contribution is 5.81. The van der Waals surface area contributed by atoms with Crippen LogP contribution < -0.4 is 5.73 Å². The Morgan fingerprint density at radius 2 is 1.53 bits per heavy atom. The first kappa shape index (κ1) is 25.3. The third kappa shape index (κ3) is 5.27. The van der Waals surface area contributed by atoms with E-state index in [2.05, 4.69) is 15.0 Å². The van der Waals surface area contributed by atoms with Crippen LogP contribution in [-0.4, -0.2) is 62.3 Å². The third-order valence-corrected chi connectivity index (χ3v) is 5.26. The normalized spacial score (nSPS) is 22.5. The van der Waals surface area contributed by atoms with Crippen LogP contribution in [0.4, 0.5) is 5.82 Å². The molecule has 2 aromatic rings. The van der Waals surface area contributed by atoms with E-state index in [1.807, 2.05) is 0 Å². The molecule has 12 heteroatoms. The zero-order valence-electron chi connectivity index (χ0n) is 20.1. The predicted molar refractivity (Wildman–Crippen MR) is 119 cm³/mol. The van der Waals surface area contributed by atoms with Gasteiger partial charge in [0.25, 0.3) is 0 Å². The van der Waals surface area contributed by atoms with Crippen molar-refractivity contribution in [3.63, 3.8) is 0 Å². The smallest absolute Gasteiger partial charge is 0.308 e. The maximum Gasteiger partial charge on any atom is 0.308 e. The second-order valence-corrected chi connectivity index (χ2v) is 9.05. The summed E-state index contributed by atoms with van der Waals surface area (Å²) in [6, 6.07) is 0. The van der Waals surface area contributed by atoms with E-state index in [-0.39, 0.29) is 18.3 Å². The number of fused-ring (bicyclic) bond motifs is 1. The van der Waals surface area contributed by atoms with Crippen LogP contribution in [0.15, 0.2) is 12.7 Å². The van der Waals surface area contributed by atoms with Gasteiger partial charge in [0.2, 0.25) is 0 Å². The Balaban J connectivity index is 2.02. The molecule has 0 bridgehead atoms. The van der Waals surface area contributed by atoms with Crippen molar-refractivity contribution in [1.29, 1.82) is 0 Å². The largest absolute Gasteiger partial charge is 0.463 e. The number of ether oxygens (including phenoxy) is 4. The molecule has 0 spiro atoms. The van der Waals surface area contributed by atoms with Crippen molar-refractivity contribution >= 4 is 34.9 Å². The van der Waals surface area contributed by atoms with Gasteiger partial charge >= 0.3 is 17.9 Å². The van der Waals surface area contributed by atoms with E-state index in [0.717, 1.165) is 0 Å². The number of nitrogens with zero attached hydrogens (tertiary/aromatic N) is 4. The minimum atomic E-state index is -1.06. The molecule has 1 saturated heterocycles. The number of nitrogen functional groups attached to an aromatic ring is 1. The quantitative estimate of drug-likeness (QED) is 0.435. The molecule has 186 valence electrons. The number of hydrogen-bond acceptors (Lipinski definition) is 11. The average molecular weight is 478 g/mol. The Hall–Kier alpha value is -3.28. The molecule has 1 aliphatic heterocycles. The number of carbonyl (C=O) groups excluding carboxylic acids is 3. The Kier molecular flexibility index (Phi) is 7.70. The van der Waals surface area contributed by atoms with Crippen molar-refractivity contribution in [2.45, 2.75) is 66.1 Å². The lowest BCUT2D eigenvalue weighted by molar-refractivity contribution is -0.173. The molecule has 2 N–H and O–H groups in total. The summed E-state index contributed by atoms with van der Waals surface area (Å²) in [7, 11) is 0. The minimum Gasteiger partial charge on any atom is -0.463 e. The molecule has 1 fully saturated rings. The van der Waals surface area contributed by atoms with Gasteiger partial charge in [-0.1, -0.05) is 41.5 Å². The second-order valence-electron chi connectivity index (χ2n) is 9.05. The fourth-order valence-corrected chi connectivity index (χ4v) is 3.26. The van der Waals surface area contributed by atoms with Gasteiger partial charge in [-0.3, -0.25) is 19.0 Å². The van der Waals surface area contributed by atoms with Crippen LogP contribution in [-0.2, 0) is 33.3 Å². The molecule has 3 heterocycles. The van der Waals surface area contributed by atoms with E-state index in [9.17, 15) is 14.4 Å². The number of anilines is 1. The van der Waals surface area contributed by atoms with E-state index >= 15 is 0 Å². The summed E-state index contributed by atoms with van der Waals surface area (Å²) >= 11 is 0. The standard InChI is InChI=1S/C22H31N5O7/c1-10(2)20(28)31-7-13-15(33-21(29)11(3)4)16(34-22(30)12(5)6)19(32-13)27-9-26-14-17(23)24-8-25-18(14)27/h8-13,15-16,19H,7H2,1-6H3,(H2,23,24,25)/t13-,15-,16-,19-/m1/s1. The second kappa shape index (κ2) is 10.3. The third-order valence-electron chi connectivity index (χ3n) is 5.26. The average Bonchev–Trinajstić information content (AvgIpc) is 3.34. The lowest BCUT2D eigenvalue weighted by atomic mass is 10.1. The number of nitrogens with two attached hydrogens (primary N) is 1. The minimum absolute atomic E-state index is 0.169. The SMILES string of the molecule is CC(C)C(=O)OC[C@H]1O[C@@H](n2cnc3c(N)ncnc32)[C@H](OC(=O)C(C)C)[C@@H]1OC(=O)C(C)C. The first-order valence-electron chi connectivity index (χ1n) is 11.2. The van der Waals surface area contributed by atoms with Crippen molar-refractivity contribution in [2.24, 2.45) is 17.8 Å². The van der Waals surface area contributed by atoms with Gasteiger partial charge in [-0.25, -0.2) is 15.0 Å². The van der Waals surface area contributed by atoms with E-state index in [4.69, 9.17) is 24.7 Å². The molecule has 0 radical (unpaired) electrons. The maximum absolute atomic E-state index is 12.6. The first-order valence-corrected chi connectivity index (χ1v) is 11.2. The lowest BCUT2D eigenvalue weighted by Gasteiger charge is -2.26. The molecule has 34 heavy (non-hydrogen) atoms. The van der Waals surface area contributed by atoms with Crippen LogP contribution >= 0.6 is 0 Å². The summed E-state index contributed by atoms with van der Waals surface area (Å²) in [5.74, 6) is -2.54. The van der Waals surface area contributed by atoms with E-state index in [0.29, 0.717) is 11.2 Å². The Morgan fingerprint density at radius 1 is 0.941 bits per heavy atom. The molecular formula is C22H31N5O7. The molecule has 0 amide bonds. The monoisotopic (exact) mass is 477 g/mol. The summed E-state index contributed by atoms with van der Waals surface area (Å²) in [5.41, 5.74) is 6.59. The van der Waals surface area contributed by atoms with Crippen LogP contribution in [0, 0.1) is 17.8 Å². The molecule has 0 aliphatic carbocycles. The zero-order valence-corrected chi connectivity index (χ0v) is 20.1. The van der Waals surface area contributed by atoms with Crippen LogP contribution in [0.1, 0.15) is 47.8 Å². The van der Waals surface area contributed by atoms with E-state index in [1.165, 1.54) is 17.2 Å². The fraction of sp³-hybridized carbons (Fsp3) is 0.636. The zero-order chi connectivity index (χ0) is 25.2. The van der Waals surface area contributed by atoms with Gasteiger partial charge in [0.05, 0.1) is 24.1 Å². The van der Waals surface area contributed by atoms with Gasteiger partial charge in [-0.15, -0.1) is 0 Å². The van der Waals surface area contributed by atoms with Crippen LogP contribution in [0.2, 0.25) is 0 Å². The molecule has 12 nitrogen and oxygen atoms in total. The number of hydrogen-bond donors (Lipinski definition) is 1. The van der Waals surface area contributed by atoms with Crippen molar-refractivity contribution in [2.75, 3.05) is 12.3 Å². The highest BCUT2D eigenvalue weighted by Crippen LogP contribution is 2.37. The molecule has 4 atom stereocenters. The van der Waals surface area contributed by atoms with Gasteiger partial charge in [0.1, 0.15) is 24.6 Å². The van der Waals surface area contributed by atoms with Crippen molar-refractivity contribution in [1.82, 2.24) is 19.5 Å². The van der Waals surface area contributed by atoms with Gasteiger partial charge < -0.3 is 24.7 Å². The predicted octanol–water partition coefficient (Wildman–Crippen LogP) is 1.64. The van der Waals surface area contributed by atoms with Crippen LogP contribution in [0.25, 0.3) is 11.2 Å². The topological polar surface area (TPSA) is 158 Å². The van der Waals surface area contributed by atoms with Crippen LogP contribution in [0.3, 0.4) is 0 Å². The Bertz CT molecular complexity index is 1050. The van der Waals surface area contributed by atoms with Gasteiger partial charge in [0, 0.05) is 0 Å². The van der Waals surface area contributed by atoms with Crippen molar-refractivity contribution < 1.29 is 33.3 Å². The molecular weight excluding hydrogens is 446 g/mol. The molecule has 3 rings (SSSR count). The highest BCUT2D eigenvalue weighted by Gasteiger charge is 2.52. The van der Waals surface area contributed by atoms with Gasteiger partial charge in [-0.05, 0) is 0 Å². The van der Waals surface area contributed by atoms with Crippen LogP contribution in [0.5, 0.6) is 0 Å². The van der Waals surface area contributed by atoms with Gasteiger partial charge in [0.15, 0.2) is 29.9 Å². The number of carbonyl (C=O) groups is 3. The summed E-state index contributed by atoms with van der Waals surface area (Å²) in [6.45, 7) is 9.93. The molecule has 0 saturated carbocycles. The molecule has 1 aliphatic rings. The summed E-state index contributed by atoms with van der Waals surface area (Å²) in [5, 5.41) is 0. The fourth-order valence-electron chi connectivity index (χ4n) is 3.26. The molecule has 0 unspecified atom stereocenters.